The molecule has 1 fully saturated rings. The second kappa shape index (κ2) is 7.93. The van der Waals surface area contributed by atoms with Crippen molar-refractivity contribution in [1.82, 2.24) is 14.9 Å². The number of piperazine rings is 1. The molecule has 1 aromatic carbocycles. The third kappa shape index (κ3) is 4.76. The molecular formula is C17H20ClN5OS. The van der Waals surface area contributed by atoms with Crippen LogP contribution in [0.2, 0.25) is 5.02 Å². The number of nitrogens with two attached hydrogens (primary N) is 1. The number of hydrogen-bond acceptors (Lipinski definition) is 6. The van der Waals surface area contributed by atoms with Crippen LogP contribution in [0.25, 0.3) is 0 Å². The fourth-order valence-electron chi connectivity index (χ4n) is 2.73. The van der Waals surface area contributed by atoms with Crippen LogP contribution in [0.15, 0.2) is 35.5 Å². The van der Waals surface area contributed by atoms with Gasteiger partial charge >= 0.3 is 0 Å². The monoisotopic (exact) mass is 377 g/mol. The molecule has 0 atom stereocenters. The molecule has 0 aliphatic carbocycles. The molecule has 6 nitrogen and oxygen atoms in total. The topological polar surface area (TPSA) is 75.3 Å². The average Bonchev–Trinajstić information content (AvgIpc) is 2.59. The summed E-state index contributed by atoms with van der Waals surface area (Å²) in [7, 11) is 0. The van der Waals surface area contributed by atoms with Gasteiger partial charge in [0, 0.05) is 48.6 Å². The van der Waals surface area contributed by atoms with Crippen molar-refractivity contribution in [2.75, 3.05) is 42.6 Å². The highest BCUT2D eigenvalue weighted by molar-refractivity contribution is 7.99. The Hall–Kier alpha value is -1.99. The number of halogens is 1. The molecule has 0 radical (unpaired) electrons. The maximum Gasteiger partial charge on any atom is 0.233 e. The Morgan fingerprint density at radius 3 is 2.68 bits per heavy atom. The lowest BCUT2D eigenvalue weighted by Gasteiger charge is -2.36. The number of anilines is 2. The number of nitrogens with zero attached hydrogens (tertiary/aromatic N) is 4. The fraction of sp³-hybridized carbons (Fsp3) is 0.353. The molecule has 3 rings (SSSR count). The van der Waals surface area contributed by atoms with Gasteiger partial charge in [0.15, 0.2) is 5.16 Å². The number of rotatable bonds is 4. The lowest BCUT2D eigenvalue weighted by molar-refractivity contribution is -0.128. The summed E-state index contributed by atoms with van der Waals surface area (Å²) in [5.74, 6) is 0.845. The normalized spacial score (nSPS) is 14.6. The number of hydrogen-bond donors (Lipinski definition) is 1. The SMILES string of the molecule is Cc1cc(N)nc(SCC(=O)N2CCN(c3cccc(Cl)c3)CC2)n1. The van der Waals surface area contributed by atoms with Crippen LogP contribution in [-0.4, -0.2) is 52.7 Å². The molecule has 1 aliphatic rings. The molecule has 8 heteroatoms. The molecule has 1 aliphatic heterocycles. The van der Waals surface area contributed by atoms with E-state index in [2.05, 4.69) is 14.9 Å². The van der Waals surface area contributed by atoms with Gasteiger partial charge in [0.2, 0.25) is 5.91 Å². The number of carbonyl (C=O) groups is 1. The van der Waals surface area contributed by atoms with Gasteiger partial charge in [0.25, 0.3) is 0 Å². The predicted octanol–water partition coefficient (Wildman–Crippen LogP) is 2.46. The summed E-state index contributed by atoms with van der Waals surface area (Å²) in [6.45, 7) is 4.85. The molecular weight excluding hydrogens is 358 g/mol. The van der Waals surface area contributed by atoms with E-state index in [0.29, 0.717) is 29.8 Å². The molecule has 0 bridgehead atoms. The largest absolute Gasteiger partial charge is 0.384 e. The van der Waals surface area contributed by atoms with E-state index in [1.54, 1.807) is 6.07 Å². The van der Waals surface area contributed by atoms with Crippen LogP contribution in [0, 0.1) is 6.92 Å². The summed E-state index contributed by atoms with van der Waals surface area (Å²) in [5.41, 5.74) is 7.61. The van der Waals surface area contributed by atoms with Crippen molar-refractivity contribution in [2.24, 2.45) is 0 Å². The van der Waals surface area contributed by atoms with E-state index in [9.17, 15) is 4.79 Å². The Morgan fingerprint density at radius 1 is 1.24 bits per heavy atom. The van der Waals surface area contributed by atoms with Gasteiger partial charge in [0.05, 0.1) is 5.75 Å². The van der Waals surface area contributed by atoms with Crippen molar-refractivity contribution in [1.29, 1.82) is 0 Å². The fourth-order valence-corrected chi connectivity index (χ4v) is 3.73. The Kier molecular flexibility index (Phi) is 5.65. The van der Waals surface area contributed by atoms with Crippen LogP contribution in [0.3, 0.4) is 0 Å². The van der Waals surface area contributed by atoms with E-state index >= 15 is 0 Å². The first-order chi connectivity index (χ1) is 12.0. The maximum atomic E-state index is 12.4. The Bertz CT molecular complexity index is 744. The van der Waals surface area contributed by atoms with E-state index in [1.807, 2.05) is 36.1 Å². The summed E-state index contributed by atoms with van der Waals surface area (Å²) in [4.78, 5) is 25.0. The number of thioether (sulfide) groups is 1. The molecule has 2 heterocycles. The van der Waals surface area contributed by atoms with Gasteiger partial charge in [-0.3, -0.25) is 4.79 Å². The zero-order chi connectivity index (χ0) is 17.8. The first-order valence-electron chi connectivity index (χ1n) is 8.03. The molecule has 2 N–H and O–H groups in total. The number of aryl methyl sites for hydroxylation is 1. The third-order valence-corrected chi connectivity index (χ3v) is 5.05. The maximum absolute atomic E-state index is 12.4. The van der Waals surface area contributed by atoms with Crippen LogP contribution < -0.4 is 10.6 Å². The Balaban J connectivity index is 1.51. The van der Waals surface area contributed by atoms with E-state index in [4.69, 9.17) is 17.3 Å². The first-order valence-corrected chi connectivity index (χ1v) is 9.40. The number of nitrogen functional groups attached to an aromatic ring is 1. The van der Waals surface area contributed by atoms with Gasteiger partial charge in [-0.15, -0.1) is 0 Å². The molecule has 0 spiro atoms. The van der Waals surface area contributed by atoms with Crippen LogP contribution >= 0.6 is 23.4 Å². The van der Waals surface area contributed by atoms with Crippen LogP contribution in [0.4, 0.5) is 11.5 Å². The molecule has 0 saturated carbocycles. The third-order valence-electron chi connectivity index (χ3n) is 3.98. The summed E-state index contributed by atoms with van der Waals surface area (Å²) < 4.78 is 0. The quantitative estimate of drug-likeness (QED) is 0.651. The zero-order valence-electron chi connectivity index (χ0n) is 14.0. The van der Waals surface area contributed by atoms with Crippen molar-refractivity contribution < 1.29 is 4.79 Å². The zero-order valence-corrected chi connectivity index (χ0v) is 15.6. The van der Waals surface area contributed by atoms with Gasteiger partial charge in [0.1, 0.15) is 5.82 Å². The number of aromatic nitrogens is 2. The Morgan fingerprint density at radius 2 is 2.00 bits per heavy atom. The number of amides is 1. The molecule has 1 amide bonds. The van der Waals surface area contributed by atoms with Crippen molar-refractivity contribution in [2.45, 2.75) is 12.1 Å². The van der Waals surface area contributed by atoms with E-state index in [0.717, 1.165) is 29.5 Å². The minimum Gasteiger partial charge on any atom is -0.384 e. The standard InChI is InChI=1S/C17H20ClN5OS/c1-12-9-15(19)21-17(20-12)25-11-16(24)23-7-5-22(6-8-23)14-4-2-3-13(18)10-14/h2-4,9-10H,5-8,11H2,1H3,(H2,19,20,21). The molecule has 132 valence electrons. The van der Waals surface area contributed by atoms with Gasteiger partial charge < -0.3 is 15.5 Å². The van der Waals surface area contributed by atoms with Gasteiger partial charge in [-0.2, -0.15) is 0 Å². The van der Waals surface area contributed by atoms with E-state index in [-0.39, 0.29) is 5.91 Å². The minimum absolute atomic E-state index is 0.0967. The lowest BCUT2D eigenvalue weighted by Crippen LogP contribution is -2.49. The second-order valence-electron chi connectivity index (χ2n) is 5.85. The van der Waals surface area contributed by atoms with Gasteiger partial charge in [-0.25, -0.2) is 9.97 Å². The van der Waals surface area contributed by atoms with E-state index in [1.165, 1.54) is 11.8 Å². The molecule has 1 aromatic heterocycles. The predicted molar refractivity (Wildman–Crippen MR) is 102 cm³/mol. The molecule has 0 unspecified atom stereocenters. The summed E-state index contributed by atoms with van der Waals surface area (Å²) >= 11 is 7.38. The number of benzene rings is 1. The lowest BCUT2D eigenvalue weighted by atomic mass is 10.2. The van der Waals surface area contributed by atoms with Gasteiger partial charge in [-0.1, -0.05) is 29.4 Å². The summed E-state index contributed by atoms with van der Waals surface area (Å²) in [6.07, 6.45) is 0. The second-order valence-corrected chi connectivity index (χ2v) is 7.23. The van der Waals surface area contributed by atoms with Crippen molar-refractivity contribution in [3.63, 3.8) is 0 Å². The first kappa shape index (κ1) is 17.8. The summed E-state index contributed by atoms with van der Waals surface area (Å²) in [5, 5.41) is 1.27. The van der Waals surface area contributed by atoms with Crippen molar-refractivity contribution in [3.05, 3.63) is 41.0 Å². The van der Waals surface area contributed by atoms with Crippen molar-refractivity contribution >= 4 is 40.8 Å². The van der Waals surface area contributed by atoms with E-state index < -0.39 is 0 Å². The molecule has 1 saturated heterocycles. The Labute approximate surface area is 156 Å². The van der Waals surface area contributed by atoms with Crippen LogP contribution in [-0.2, 0) is 4.79 Å². The number of carbonyl (C=O) groups excluding carboxylic acids is 1. The van der Waals surface area contributed by atoms with Gasteiger partial charge in [-0.05, 0) is 25.1 Å². The van der Waals surface area contributed by atoms with Crippen molar-refractivity contribution in [3.8, 4) is 0 Å². The van der Waals surface area contributed by atoms with Crippen LogP contribution in [0.5, 0.6) is 0 Å². The summed E-state index contributed by atoms with van der Waals surface area (Å²) in [6, 6.07) is 9.51. The van der Waals surface area contributed by atoms with Crippen LogP contribution in [0.1, 0.15) is 5.69 Å². The highest BCUT2D eigenvalue weighted by Crippen LogP contribution is 2.21. The highest BCUT2D eigenvalue weighted by Gasteiger charge is 2.21. The molecule has 2 aromatic rings. The smallest absolute Gasteiger partial charge is 0.233 e. The minimum atomic E-state index is 0.0967. The molecule has 25 heavy (non-hydrogen) atoms. The average molecular weight is 378 g/mol. The highest BCUT2D eigenvalue weighted by atomic mass is 35.5.